The van der Waals surface area contributed by atoms with Crippen LogP contribution in [0, 0.1) is 5.92 Å². The van der Waals surface area contributed by atoms with E-state index in [1.807, 2.05) is 0 Å². The van der Waals surface area contributed by atoms with Crippen molar-refractivity contribution >= 4 is 17.6 Å². The Bertz CT molecular complexity index is 536. The lowest BCUT2D eigenvalue weighted by Gasteiger charge is -2.13. The summed E-state index contributed by atoms with van der Waals surface area (Å²) in [5.74, 6) is -0.504. The molecule has 0 aliphatic rings. The largest absolute Gasteiger partial charge is 0.491 e. The van der Waals surface area contributed by atoms with Crippen molar-refractivity contribution in [3.8, 4) is 5.75 Å². The van der Waals surface area contributed by atoms with Crippen LogP contribution < -0.4 is 4.74 Å². The molecule has 2 aromatic rings. The summed E-state index contributed by atoms with van der Waals surface area (Å²) in [5.41, 5.74) is 0. The Morgan fingerprint density at radius 2 is 2.11 bits per heavy atom. The number of furan rings is 1. The van der Waals surface area contributed by atoms with Crippen molar-refractivity contribution in [2.75, 3.05) is 6.61 Å². The summed E-state index contributed by atoms with van der Waals surface area (Å²) in [4.78, 5) is 11.2. The number of hydrogen-bond donors (Lipinski definition) is 1. The molecule has 4 nitrogen and oxygen atoms in total. The second-order valence-electron chi connectivity index (χ2n) is 4.06. The summed E-state index contributed by atoms with van der Waals surface area (Å²) in [5, 5.41) is 9.63. The van der Waals surface area contributed by atoms with Crippen LogP contribution in [0.25, 0.3) is 0 Å². The summed E-state index contributed by atoms with van der Waals surface area (Å²) >= 11 is 5.94. The fourth-order valence-corrected chi connectivity index (χ4v) is 1.83. The average molecular weight is 281 g/mol. The molecule has 0 fully saturated rings. The Labute approximate surface area is 115 Å². The van der Waals surface area contributed by atoms with E-state index in [-0.39, 0.29) is 13.0 Å². The zero-order valence-electron chi connectivity index (χ0n) is 10.1. The Hall–Kier alpha value is -1.94. The lowest BCUT2D eigenvalue weighted by atomic mass is 10.1. The van der Waals surface area contributed by atoms with Gasteiger partial charge in [-0.05, 0) is 24.3 Å². The molecule has 1 N–H and O–H groups in total. The highest BCUT2D eigenvalue weighted by molar-refractivity contribution is 6.32. The minimum Gasteiger partial charge on any atom is -0.491 e. The van der Waals surface area contributed by atoms with Gasteiger partial charge < -0.3 is 14.3 Å². The van der Waals surface area contributed by atoms with Gasteiger partial charge in [0.2, 0.25) is 0 Å². The van der Waals surface area contributed by atoms with Crippen molar-refractivity contribution in [2.45, 2.75) is 6.42 Å². The first-order valence-electron chi connectivity index (χ1n) is 5.79. The normalized spacial score (nSPS) is 12.1. The van der Waals surface area contributed by atoms with Crippen molar-refractivity contribution in [2.24, 2.45) is 5.92 Å². The van der Waals surface area contributed by atoms with Crippen molar-refractivity contribution in [1.82, 2.24) is 0 Å². The molecule has 0 aliphatic heterocycles. The lowest BCUT2D eigenvalue weighted by molar-refractivity contribution is -0.142. The van der Waals surface area contributed by atoms with Crippen LogP contribution in [-0.2, 0) is 11.2 Å². The quantitative estimate of drug-likeness (QED) is 0.882. The van der Waals surface area contributed by atoms with Crippen LogP contribution in [0.2, 0.25) is 5.02 Å². The standard InChI is InChI=1S/C14H13ClO4/c15-12-5-1-2-6-13(12)19-9-10(14(16)17)8-11-4-3-7-18-11/h1-7,10H,8-9H2,(H,16,17). The topological polar surface area (TPSA) is 59.7 Å². The second-order valence-corrected chi connectivity index (χ2v) is 4.47. The van der Waals surface area contributed by atoms with E-state index in [1.165, 1.54) is 6.26 Å². The molecule has 0 aliphatic carbocycles. The molecule has 0 saturated heterocycles. The Morgan fingerprint density at radius 3 is 2.74 bits per heavy atom. The number of para-hydroxylation sites is 1. The predicted molar refractivity (Wildman–Crippen MR) is 70.5 cm³/mol. The Balaban J connectivity index is 1.98. The van der Waals surface area contributed by atoms with E-state index in [1.54, 1.807) is 36.4 Å². The number of ether oxygens (including phenoxy) is 1. The highest BCUT2D eigenvalue weighted by Gasteiger charge is 2.20. The van der Waals surface area contributed by atoms with Crippen molar-refractivity contribution in [3.05, 3.63) is 53.4 Å². The fourth-order valence-electron chi connectivity index (χ4n) is 1.64. The van der Waals surface area contributed by atoms with Crippen LogP contribution >= 0.6 is 11.6 Å². The SMILES string of the molecule is O=C(O)C(COc1ccccc1Cl)Cc1ccco1. The Morgan fingerprint density at radius 1 is 1.32 bits per heavy atom. The van der Waals surface area contributed by atoms with Gasteiger partial charge in [0.15, 0.2) is 0 Å². The van der Waals surface area contributed by atoms with Crippen molar-refractivity contribution in [3.63, 3.8) is 0 Å². The summed E-state index contributed by atoms with van der Waals surface area (Å²) in [6.07, 6.45) is 1.80. The summed E-state index contributed by atoms with van der Waals surface area (Å²) in [7, 11) is 0. The molecule has 1 atom stereocenters. The first-order valence-corrected chi connectivity index (χ1v) is 6.17. The van der Waals surface area contributed by atoms with E-state index in [0.29, 0.717) is 16.5 Å². The van der Waals surface area contributed by atoms with Crippen LogP contribution in [0.5, 0.6) is 5.75 Å². The maximum Gasteiger partial charge on any atom is 0.310 e. The molecule has 0 bridgehead atoms. The monoisotopic (exact) mass is 280 g/mol. The van der Waals surface area contributed by atoms with Crippen LogP contribution in [-0.4, -0.2) is 17.7 Å². The highest BCUT2D eigenvalue weighted by atomic mass is 35.5. The fraction of sp³-hybridized carbons (Fsp3) is 0.214. The molecule has 2 rings (SSSR count). The molecule has 0 radical (unpaired) electrons. The molecule has 100 valence electrons. The molecular weight excluding hydrogens is 268 g/mol. The summed E-state index contributed by atoms with van der Waals surface area (Å²) < 4.78 is 10.6. The molecule has 5 heteroatoms. The van der Waals surface area contributed by atoms with Gasteiger partial charge in [-0.1, -0.05) is 23.7 Å². The van der Waals surface area contributed by atoms with Gasteiger partial charge >= 0.3 is 5.97 Å². The van der Waals surface area contributed by atoms with Gasteiger partial charge in [0.25, 0.3) is 0 Å². The molecule has 1 heterocycles. The van der Waals surface area contributed by atoms with Crippen LogP contribution in [0.1, 0.15) is 5.76 Å². The van der Waals surface area contributed by atoms with E-state index in [2.05, 4.69) is 0 Å². The van der Waals surface area contributed by atoms with Gasteiger partial charge in [-0.25, -0.2) is 0 Å². The third-order valence-corrected chi connectivity index (χ3v) is 2.97. The van der Waals surface area contributed by atoms with E-state index >= 15 is 0 Å². The Kier molecular flexibility index (Phi) is 4.47. The van der Waals surface area contributed by atoms with Gasteiger partial charge in [-0.2, -0.15) is 0 Å². The van der Waals surface area contributed by atoms with E-state index in [0.717, 1.165) is 0 Å². The maximum atomic E-state index is 11.2. The average Bonchev–Trinajstić information content (AvgIpc) is 2.88. The summed E-state index contributed by atoms with van der Waals surface area (Å²) in [6, 6.07) is 10.4. The third-order valence-electron chi connectivity index (χ3n) is 2.65. The van der Waals surface area contributed by atoms with Crippen molar-refractivity contribution in [1.29, 1.82) is 0 Å². The van der Waals surface area contributed by atoms with Crippen LogP contribution in [0.15, 0.2) is 47.1 Å². The number of rotatable bonds is 6. The molecule has 1 aromatic carbocycles. The number of aliphatic carboxylic acids is 1. The van der Waals surface area contributed by atoms with Crippen molar-refractivity contribution < 1.29 is 19.1 Å². The van der Waals surface area contributed by atoms with Gasteiger partial charge in [-0.15, -0.1) is 0 Å². The maximum absolute atomic E-state index is 11.2. The van der Waals surface area contributed by atoms with Gasteiger partial charge in [0, 0.05) is 6.42 Å². The van der Waals surface area contributed by atoms with Gasteiger partial charge in [0.1, 0.15) is 18.1 Å². The van der Waals surface area contributed by atoms with Gasteiger partial charge in [0.05, 0.1) is 17.2 Å². The molecule has 0 saturated carbocycles. The smallest absolute Gasteiger partial charge is 0.310 e. The predicted octanol–water partition coefficient (Wildman–Crippen LogP) is 3.26. The molecule has 0 amide bonds. The van der Waals surface area contributed by atoms with E-state index in [4.69, 9.17) is 25.9 Å². The zero-order chi connectivity index (χ0) is 13.7. The van der Waals surface area contributed by atoms with Crippen LogP contribution in [0.4, 0.5) is 0 Å². The zero-order valence-corrected chi connectivity index (χ0v) is 10.8. The second kappa shape index (κ2) is 6.29. The number of hydrogen-bond acceptors (Lipinski definition) is 3. The third kappa shape index (κ3) is 3.76. The van der Waals surface area contributed by atoms with E-state index in [9.17, 15) is 4.79 Å². The molecule has 1 aromatic heterocycles. The molecule has 0 spiro atoms. The van der Waals surface area contributed by atoms with Crippen LogP contribution in [0.3, 0.4) is 0 Å². The van der Waals surface area contributed by atoms with Gasteiger partial charge in [-0.3, -0.25) is 4.79 Å². The number of carbonyl (C=O) groups is 1. The number of halogens is 1. The van der Waals surface area contributed by atoms with E-state index < -0.39 is 11.9 Å². The summed E-state index contributed by atoms with van der Waals surface area (Å²) in [6.45, 7) is 0.0414. The first-order chi connectivity index (χ1) is 9.16. The molecule has 19 heavy (non-hydrogen) atoms. The minimum absolute atomic E-state index is 0.0414. The highest BCUT2D eigenvalue weighted by Crippen LogP contribution is 2.24. The lowest BCUT2D eigenvalue weighted by Crippen LogP contribution is -2.23. The first kappa shape index (κ1) is 13.5. The molecular formula is C14H13ClO4. The number of carboxylic acid groups (broad SMARTS) is 1. The molecule has 1 unspecified atom stereocenters. The number of carboxylic acids is 1. The minimum atomic E-state index is -0.927. The number of benzene rings is 1.